The van der Waals surface area contributed by atoms with Crippen LogP contribution in [0, 0.1) is 13.8 Å². The summed E-state index contributed by atoms with van der Waals surface area (Å²) in [6.07, 6.45) is 2.25. The van der Waals surface area contributed by atoms with E-state index in [1.165, 1.54) is 11.1 Å². The number of rotatable bonds is 6. The Bertz CT molecular complexity index is 970. The van der Waals surface area contributed by atoms with Gasteiger partial charge in [0, 0.05) is 29.7 Å². The molecule has 0 aliphatic carbocycles. The molecule has 1 fully saturated rings. The summed E-state index contributed by atoms with van der Waals surface area (Å²) in [4.78, 5) is 46.9. The molecule has 3 rings (SSSR count). The molecule has 0 bridgehead atoms. The molecule has 30 heavy (non-hydrogen) atoms. The number of aryl methyl sites for hydroxylation is 2. The van der Waals surface area contributed by atoms with Crippen LogP contribution in [0.15, 0.2) is 48.3 Å². The number of hydrogen-bond donors (Lipinski definition) is 3. The van der Waals surface area contributed by atoms with Gasteiger partial charge in [0.05, 0.1) is 0 Å². The van der Waals surface area contributed by atoms with Crippen molar-refractivity contribution in [1.29, 1.82) is 0 Å². The van der Waals surface area contributed by atoms with Gasteiger partial charge in [-0.3, -0.25) is 9.59 Å². The van der Waals surface area contributed by atoms with E-state index in [-0.39, 0.29) is 11.6 Å². The largest absolute Gasteiger partial charge is 0.480 e. The predicted molar refractivity (Wildman–Crippen MR) is 109 cm³/mol. The molecule has 0 spiro atoms. The van der Waals surface area contributed by atoms with Crippen LogP contribution in [-0.2, 0) is 9.59 Å². The second-order valence-corrected chi connectivity index (χ2v) is 6.99. The molecule has 1 saturated heterocycles. The van der Waals surface area contributed by atoms with Crippen molar-refractivity contribution in [3.8, 4) is 0 Å². The number of aliphatic carboxylic acids is 1. The normalized spacial score (nSPS) is 16.3. The molecule has 9 heteroatoms. The number of carbonyl (C=O) groups excluding carboxylic acids is 2. The Morgan fingerprint density at radius 3 is 2.43 bits per heavy atom. The number of aromatic nitrogens is 2. The standard InChI is InChI=1S/C21H23N5O4/c1-13-11-14(2)24-21(23-13)22-12-16(25-18(27)15-7-4-3-5-8-15)19(28)26-10-6-9-17(26)20(29)30/h3-5,7-8,11-12,17H,6,9-10H2,1-2H3,(H,25,27)(H,29,30)(H,22,23,24)/b16-12-/t17-/m0/s1. The number of amides is 2. The number of nitrogens with one attached hydrogen (secondary N) is 2. The van der Waals surface area contributed by atoms with Crippen molar-refractivity contribution in [2.45, 2.75) is 32.7 Å². The van der Waals surface area contributed by atoms with E-state index >= 15 is 0 Å². The van der Waals surface area contributed by atoms with Gasteiger partial charge >= 0.3 is 5.97 Å². The highest BCUT2D eigenvalue weighted by molar-refractivity contribution is 6.03. The van der Waals surface area contributed by atoms with Gasteiger partial charge < -0.3 is 20.6 Å². The number of anilines is 1. The predicted octanol–water partition coefficient (Wildman–Crippen LogP) is 1.85. The van der Waals surface area contributed by atoms with Crippen LogP contribution in [-0.4, -0.2) is 50.3 Å². The van der Waals surface area contributed by atoms with Gasteiger partial charge in [-0.25, -0.2) is 14.8 Å². The van der Waals surface area contributed by atoms with Crippen molar-refractivity contribution in [3.05, 3.63) is 65.2 Å². The summed E-state index contributed by atoms with van der Waals surface area (Å²) in [5, 5.41) is 14.8. The van der Waals surface area contributed by atoms with Gasteiger partial charge in [-0.15, -0.1) is 0 Å². The minimum Gasteiger partial charge on any atom is -0.480 e. The summed E-state index contributed by atoms with van der Waals surface area (Å²) in [5.41, 5.74) is 1.77. The summed E-state index contributed by atoms with van der Waals surface area (Å²) in [6.45, 7) is 3.93. The van der Waals surface area contributed by atoms with Gasteiger partial charge in [-0.2, -0.15) is 0 Å². The summed E-state index contributed by atoms with van der Waals surface area (Å²) < 4.78 is 0. The zero-order valence-electron chi connectivity index (χ0n) is 16.8. The Labute approximate surface area is 173 Å². The lowest BCUT2D eigenvalue weighted by atomic mass is 10.2. The van der Waals surface area contributed by atoms with E-state index < -0.39 is 23.8 Å². The van der Waals surface area contributed by atoms with E-state index in [4.69, 9.17) is 0 Å². The highest BCUT2D eigenvalue weighted by Gasteiger charge is 2.35. The fourth-order valence-corrected chi connectivity index (χ4v) is 3.28. The summed E-state index contributed by atoms with van der Waals surface area (Å²) >= 11 is 0. The molecule has 1 aromatic heterocycles. The Kier molecular flexibility index (Phi) is 6.41. The van der Waals surface area contributed by atoms with Gasteiger partial charge in [0.25, 0.3) is 11.8 Å². The number of carboxylic acids is 1. The molecule has 1 aromatic carbocycles. The van der Waals surface area contributed by atoms with Crippen molar-refractivity contribution in [3.63, 3.8) is 0 Å². The Hall–Kier alpha value is -3.75. The fourth-order valence-electron chi connectivity index (χ4n) is 3.28. The third-order valence-corrected chi connectivity index (χ3v) is 4.64. The van der Waals surface area contributed by atoms with E-state index in [0.717, 1.165) is 11.4 Å². The van der Waals surface area contributed by atoms with Crippen LogP contribution in [0.25, 0.3) is 0 Å². The lowest BCUT2D eigenvalue weighted by Crippen LogP contribution is -2.44. The lowest BCUT2D eigenvalue weighted by Gasteiger charge is -2.23. The van der Waals surface area contributed by atoms with Gasteiger partial charge in [0.1, 0.15) is 11.7 Å². The van der Waals surface area contributed by atoms with E-state index in [1.807, 2.05) is 13.8 Å². The SMILES string of the molecule is Cc1cc(C)nc(N/C=C(\NC(=O)c2ccccc2)C(=O)N2CCC[C@H]2C(=O)O)n1. The van der Waals surface area contributed by atoms with Crippen molar-refractivity contribution in [2.24, 2.45) is 0 Å². The first-order valence-corrected chi connectivity index (χ1v) is 9.54. The smallest absolute Gasteiger partial charge is 0.326 e. The van der Waals surface area contributed by atoms with Crippen LogP contribution < -0.4 is 10.6 Å². The maximum Gasteiger partial charge on any atom is 0.326 e. The maximum absolute atomic E-state index is 13.1. The van der Waals surface area contributed by atoms with E-state index in [0.29, 0.717) is 24.9 Å². The van der Waals surface area contributed by atoms with E-state index in [9.17, 15) is 19.5 Å². The topological polar surface area (TPSA) is 125 Å². The minimum absolute atomic E-state index is 0.0836. The molecule has 2 amide bonds. The first-order valence-electron chi connectivity index (χ1n) is 9.54. The molecule has 0 radical (unpaired) electrons. The van der Waals surface area contributed by atoms with Crippen LogP contribution in [0.1, 0.15) is 34.6 Å². The lowest BCUT2D eigenvalue weighted by molar-refractivity contribution is -0.146. The number of carboxylic acid groups (broad SMARTS) is 1. The van der Waals surface area contributed by atoms with Crippen molar-refractivity contribution in [2.75, 3.05) is 11.9 Å². The number of benzene rings is 1. The first kappa shape index (κ1) is 21.0. The highest BCUT2D eigenvalue weighted by atomic mass is 16.4. The molecule has 3 N–H and O–H groups in total. The average molecular weight is 409 g/mol. The van der Waals surface area contributed by atoms with Crippen LogP contribution >= 0.6 is 0 Å². The first-order chi connectivity index (χ1) is 14.3. The Balaban J connectivity index is 1.88. The summed E-state index contributed by atoms with van der Waals surface area (Å²) in [5.74, 6) is -1.87. The van der Waals surface area contributed by atoms with Gasteiger partial charge in [-0.05, 0) is 44.9 Å². The molecule has 156 valence electrons. The van der Waals surface area contributed by atoms with Gasteiger partial charge in [0.2, 0.25) is 5.95 Å². The van der Waals surface area contributed by atoms with Gasteiger partial charge in [-0.1, -0.05) is 18.2 Å². The van der Waals surface area contributed by atoms with Crippen LogP contribution in [0.3, 0.4) is 0 Å². The summed E-state index contributed by atoms with van der Waals surface area (Å²) in [7, 11) is 0. The molecule has 2 aromatic rings. The average Bonchev–Trinajstić information content (AvgIpc) is 3.20. The molecular formula is C21H23N5O4. The van der Waals surface area contributed by atoms with Crippen molar-refractivity contribution < 1.29 is 19.5 Å². The zero-order chi connectivity index (χ0) is 21.7. The number of hydrogen-bond acceptors (Lipinski definition) is 6. The van der Waals surface area contributed by atoms with E-state index in [2.05, 4.69) is 20.6 Å². The van der Waals surface area contributed by atoms with E-state index in [1.54, 1.807) is 36.4 Å². The van der Waals surface area contributed by atoms with Gasteiger partial charge in [0.15, 0.2) is 0 Å². The van der Waals surface area contributed by atoms with Crippen molar-refractivity contribution >= 4 is 23.7 Å². The third-order valence-electron chi connectivity index (χ3n) is 4.64. The fraction of sp³-hybridized carbons (Fsp3) is 0.286. The highest BCUT2D eigenvalue weighted by Crippen LogP contribution is 2.19. The molecule has 0 saturated carbocycles. The number of likely N-dealkylation sites (tertiary alicyclic amines) is 1. The second-order valence-electron chi connectivity index (χ2n) is 6.99. The van der Waals surface area contributed by atoms with Crippen LogP contribution in [0.4, 0.5) is 5.95 Å². The molecule has 1 aliphatic heterocycles. The van der Waals surface area contributed by atoms with Crippen LogP contribution in [0.5, 0.6) is 0 Å². The minimum atomic E-state index is -1.07. The molecule has 1 aliphatic rings. The molecule has 0 unspecified atom stereocenters. The third kappa shape index (κ3) is 4.99. The number of carbonyl (C=O) groups is 3. The molecule has 9 nitrogen and oxygen atoms in total. The van der Waals surface area contributed by atoms with Crippen molar-refractivity contribution in [1.82, 2.24) is 20.2 Å². The Morgan fingerprint density at radius 2 is 1.80 bits per heavy atom. The summed E-state index contributed by atoms with van der Waals surface area (Å²) in [6, 6.07) is 9.32. The quantitative estimate of drug-likeness (QED) is 0.622. The monoisotopic (exact) mass is 409 g/mol. The maximum atomic E-state index is 13.1. The molecule has 1 atom stereocenters. The number of nitrogens with zero attached hydrogens (tertiary/aromatic N) is 3. The second kappa shape index (κ2) is 9.17. The zero-order valence-corrected chi connectivity index (χ0v) is 16.8. The Morgan fingerprint density at radius 1 is 1.13 bits per heavy atom. The molecule has 2 heterocycles. The molecular weight excluding hydrogens is 386 g/mol. The van der Waals surface area contributed by atoms with Crippen LogP contribution in [0.2, 0.25) is 0 Å².